The largest absolute Gasteiger partial charge is 0.481 e. The number of carbonyl (C=O) groups excluding carboxylic acids is 3. The van der Waals surface area contributed by atoms with Gasteiger partial charge in [0.2, 0.25) is 17.7 Å². The van der Waals surface area contributed by atoms with Crippen molar-refractivity contribution in [3.05, 3.63) is 36.0 Å². The Labute approximate surface area is 201 Å². The summed E-state index contributed by atoms with van der Waals surface area (Å²) in [6.07, 6.45) is 1.51. The minimum atomic E-state index is -1.49. The quantitative estimate of drug-likeness (QED) is 0.199. The fourth-order valence-electron chi connectivity index (χ4n) is 3.45. The molecule has 3 amide bonds. The Morgan fingerprint density at radius 3 is 2.26 bits per heavy atom. The SMILES string of the molecule is CCC(C)C(N)C(=O)NC(CC(=O)O)C(=O)NC(Cc1c[nH]c2ccccc12)C(=O)NCC(=O)O. The van der Waals surface area contributed by atoms with E-state index in [9.17, 15) is 29.1 Å². The first-order chi connectivity index (χ1) is 16.5. The van der Waals surface area contributed by atoms with E-state index in [1.165, 1.54) is 0 Å². The van der Waals surface area contributed by atoms with Gasteiger partial charge in [-0.25, -0.2) is 0 Å². The predicted octanol–water partition coefficient (Wildman–Crippen LogP) is -0.271. The molecule has 0 bridgehead atoms. The lowest BCUT2D eigenvalue weighted by Crippen LogP contribution is -2.57. The monoisotopic (exact) mass is 489 g/mol. The van der Waals surface area contributed by atoms with Crippen molar-refractivity contribution in [1.82, 2.24) is 20.9 Å². The highest BCUT2D eigenvalue weighted by molar-refractivity contribution is 5.96. The Bertz CT molecular complexity index is 1080. The molecular formula is C23H31N5O7. The third-order valence-electron chi connectivity index (χ3n) is 5.72. The molecule has 0 spiro atoms. The number of aromatic nitrogens is 1. The van der Waals surface area contributed by atoms with Gasteiger partial charge in [-0.05, 0) is 17.5 Å². The summed E-state index contributed by atoms with van der Waals surface area (Å²) in [6.45, 7) is 2.92. The number of nitrogens with one attached hydrogen (secondary N) is 4. The van der Waals surface area contributed by atoms with Gasteiger partial charge in [-0.3, -0.25) is 24.0 Å². The molecule has 2 rings (SSSR count). The number of carboxylic acid groups (broad SMARTS) is 2. The summed E-state index contributed by atoms with van der Waals surface area (Å²) in [5, 5.41) is 26.0. The molecule has 0 aliphatic rings. The van der Waals surface area contributed by atoms with E-state index in [4.69, 9.17) is 10.8 Å². The average Bonchev–Trinajstić information content (AvgIpc) is 3.22. The zero-order chi connectivity index (χ0) is 26.1. The fourth-order valence-corrected chi connectivity index (χ4v) is 3.45. The lowest BCUT2D eigenvalue weighted by molar-refractivity contribution is -0.141. The van der Waals surface area contributed by atoms with Crippen LogP contribution in [0.3, 0.4) is 0 Å². The Morgan fingerprint density at radius 2 is 1.63 bits per heavy atom. The molecule has 4 atom stereocenters. The van der Waals surface area contributed by atoms with Crippen LogP contribution in [0.5, 0.6) is 0 Å². The number of para-hydroxylation sites is 1. The molecule has 8 N–H and O–H groups in total. The molecule has 35 heavy (non-hydrogen) atoms. The second kappa shape index (κ2) is 12.5. The number of benzene rings is 1. The van der Waals surface area contributed by atoms with Crippen molar-refractivity contribution in [2.75, 3.05) is 6.54 Å². The smallest absolute Gasteiger partial charge is 0.322 e. The van der Waals surface area contributed by atoms with Crippen LogP contribution in [0.15, 0.2) is 30.5 Å². The second-order valence-electron chi connectivity index (χ2n) is 8.31. The van der Waals surface area contributed by atoms with Crippen LogP contribution in [-0.4, -0.2) is 69.5 Å². The Kier molecular flexibility index (Phi) is 9.76. The molecule has 0 radical (unpaired) electrons. The van der Waals surface area contributed by atoms with Crippen LogP contribution in [0.25, 0.3) is 10.9 Å². The number of amides is 3. The van der Waals surface area contributed by atoms with Crippen molar-refractivity contribution in [2.45, 2.75) is 51.2 Å². The highest BCUT2D eigenvalue weighted by Crippen LogP contribution is 2.19. The van der Waals surface area contributed by atoms with E-state index in [-0.39, 0.29) is 12.3 Å². The Balaban J connectivity index is 2.25. The standard InChI is InChI=1S/C23H31N5O7/c1-3-12(2)20(24)23(35)28-17(9-18(29)30)22(34)27-16(21(33)26-11-19(31)32)8-13-10-25-15-7-5-4-6-14(13)15/h4-7,10,12,16-17,20,25H,3,8-9,11,24H2,1-2H3,(H,26,33)(H,27,34)(H,28,35)(H,29,30)(H,31,32). The van der Waals surface area contributed by atoms with Gasteiger partial charge in [0.25, 0.3) is 0 Å². The number of rotatable bonds is 13. The fraction of sp³-hybridized carbons (Fsp3) is 0.435. The number of H-pyrrole nitrogens is 1. The lowest BCUT2D eigenvalue weighted by Gasteiger charge is -2.24. The molecule has 4 unspecified atom stereocenters. The second-order valence-corrected chi connectivity index (χ2v) is 8.31. The number of carbonyl (C=O) groups is 5. The zero-order valence-corrected chi connectivity index (χ0v) is 19.5. The highest BCUT2D eigenvalue weighted by Gasteiger charge is 2.31. The lowest BCUT2D eigenvalue weighted by atomic mass is 9.98. The van der Waals surface area contributed by atoms with Crippen LogP contribution in [0.1, 0.15) is 32.3 Å². The molecular weight excluding hydrogens is 458 g/mol. The first kappa shape index (κ1) is 27.3. The number of fused-ring (bicyclic) bond motifs is 1. The first-order valence-electron chi connectivity index (χ1n) is 11.2. The van der Waals surface area contributed by atoms with E-state index >= 15 is 0 Å². The molecule has 0 saturated carbocycles. The average molecular weight is 490 g/mol. The van der Waals surface area contributed by atoms with Crippen molar-refractivity contribution in [3.63, 3.8) is 0 Å². The summed E-state index contributed by atoms with van der Waals surface area (Å²) in [6, 6.07) is 3.59. The van der Waals surface area contributed by atoms with Crippen LogP contribution in [0, 0.1) is 5.92 Å². The van der Waals surface area contributed by atoms with Gasteiger partial charge in [0.15, 0.2) is 0 Å². The molecule has 2 aromatic rings. The van der Waals surface area contributed by atoms with Crippen molar-refractivity contribution >= 4 is 40.6 Å². The van der Waals surface area contributed by atoms with Crippen LogP contribution in [-0.2, 0) is 30.4 Å². The molecule has 12 heteroatoms. The Hall–Kier alpha value is -3.93. The molecule has 1 aromatic heterocycles. The molecule has 12 nitrogen and oxygen atoms in total. The maximum atomic E-state index is 13.0. The van der Waals surface area contributed by atoms with Crippen LogP contribution in [0.2, 0.25) is 0 Å². The minimum absolute atomic E-state index is 0.0126. The maximum Gasteiger partial charge on any atom is 0.322 e. The van der Waals surface area contributed by atoms with E-state index in [0.29, 0.717) is 12.0 Å². The third kappa shape index (κ3) is 7.81. The van der Waals surface area contributed by atoms with Gasteiger partial charge in [0, 0.05) is 23.5 Å². The summed E-state index contributed by atoms with van der Waals surface area (Å²) in [5.41, 5.74) is 7.37. The van der Waals surface area contributed by atoms with Gasteiger partial charge in [-0.15, -0.1) is 0 Å². The summed E-state index contributed by atoms with van der Waals surface area (Å²) >= 11 is 0. The predicted molar refractivity (Wildman–Crippen MR) is 126 cm³/mol. The number of aliphatic carboxylic acids is 2. The minimum Gasteiger partial charge on any atom is -0.481 e. The first-order valence-corrected chi connectivity index (χ1v) is 11.2. The number of nitrogens with two attached hydrogens (primary N) is 1. The Morgan fingerprint density at radius 1 is 0.971 bits per heavy atom. The molecule has 0 aliphatic carbocycles. The van der Waals surface area contributed by atoms with E-state index in [1.54, 1.807) is 19.2 Å². The van der Waals surface area contributed by atoms with Crippen molar-refractivity contribution < 1.29 is 34.2 Å². The van der Waals surface area contributed by atoms with Crippen LogP contribution in [0.4, 0.5) is 0 Å². The van der Waals surface area contributed by atoms with E-state index < -0.39 is 60.8 Å². The van der Waals surface area contributed by atoms with Gasteiger partial charge in [0.05, 0.1) is 12.5 Å². The molecule has 1 aromatic carbocycles. The summed E-state index contributed by atoms with van der Waals surface area (Å²) < 4.78 is 0. The highest BCUT2D eigenvalue weighted by atomic mass is 16.4. The maximum absolute atomic E-state index is 13.0. The van der Waals surface area contributed by atoms with Crippen LogP contribution < -0.4 is 21.7 Å². The van der Waals surface area contributed by atoms with Crippen molar-refractivity contribution in [1.29, 1.82) is 0 Å². The summed E-state index contributed by atoms with van der Waals surface area (Å²) in [4.78, 5) is 63.5. The van der Waals surface area contributed by atoms with E-state index in [1.807, 2.05) is 25.1 Å². The van der Waals surface area contributed by atoms with Gasteiger partial charge in [-0.2, -0.15) is 0 Å². The van der Waals surface area contributed by atoms with Crippen LogP contribution >= 0.6 is 0 Å². The summed E-state index contributed by atoms with van der Waals surface area (Å²) in [5.74, 6) is -5.20. The molecule has 1 heterocycles. The van der Waals surface area contributed by atoms with E-state index in [0.717, 1.165) is 10.9 Å². The van der Waals surface area contributed by atoms with Gasteiger partial charge in [0.1, 0.15) is 18.6 Å². The summed E-state index contributed by atoms with van der Waals surface area (Å²) in [7, 11) is 0. The normalized spacial score (nSPS) is 14.4. The molecule has 190 valence electrons. The van der Waals surface area contributed by atoms with Crippen molar-refractivity contribution in [2.24, 2.45) is 11.7 Å². The number of carboxylic acids is 2. The van der Waals surface area contributed by atoms with Gasteiger partial charge < -0.3 is 36.9 Å². The molecule has 0 saturated heterocycles. The topological polar surface area (TPSA) is 204 Å². The molecule has 0 fully saturated rings. The van der Waals surface area contributed by atoms with E-state index in [2.05, 4.69) is 20.9 Å². The molecule has 0 aliphatic heterocycles. The third-order valence-corrected chi connectivity index (χ3v) is 5.72. The van der Waals surface area contributed by atoms with Gasteiger partial charge in [-0.1, -0.05) is 38.5 Å². The van der Waals surface area contributed by atoms with Gasteiger partial charge >= 0.3 is 11.9 Å². The zero-order valence-electron chi connectivity index (χ0n) is 19.5. The number of aromatic amines is 1. The van der Waals surface area contributed by atoms with Crippen molar-refractivity contribution in [3.8, 4) is 0 Å². The number of hydrogen-bond acceptors (Lipinski definition) is 6. The number of hydrogen-bond donors (Lipinski definition) is 7.